The van der Waals surface area contributed by atoms with Crippen molar-refractivity contribution in [1.82, 2.24) is 0 Å². The molecule has 0 aliphatic heterocycles. The highest BCUT2D eigenvalue weighted by molar-refractivity contribution is 6.68. The van der Waals surface area contributed by atoms with Gasteiger partial charge >= 0.3 is 7.48 Å². The SMILES string of the molecule is CC(C)(O)C(C)(C)O[B]c1ccccc1-c1cccc(-c2ccccc2C2=CC=C(c3ccccc3)C(=N)C2=N)c1. The topological polar surface area (TPSA) is 77.2 Å². The van der Waals surface area contributed by atoms with E-state index in [-0.39, 0.29) is 11.4 Å². The molecule has 5 rings (SSSR count). The van der Waals surface area contributed by atoms with E-state index in [0.29, 0.717) is 0 Å². The Hall–Kier alpha value is -4.32. The van der Waals surface area contributed by atoms with Crippen molar-refractivity contribution < 1.29 is 9.76 Å². The molecule has 0 amide bonds. The molecule has 5 heteroatoms. The Bertz CT molecular complexity index is 1680. The molecule has 1 radical (unpaired) electrons. The Morgan fingerprint density at radius 1 is 0.585 bits per heavy atom. The van der Waals surface area contributed by atoms with Crippen molar-refractivity contribution >= 4 is 35.5 Å². The van der Waals surface area contributed by atoms with E-state index < -0.39 is 11.2 Å². The number of rotatable bonds is 8. The largest absolute Gasteiger partial charge is 0.427 e. The quantitative estimate of drug-likeness (QED) is 0.162. The standard InChI is InChI=1S/C36H34BN2O2/c1-35(2,40)36(3,4)41-37-32-20-11-10-18-28(32)26-16-12-15-25(23-26)27-17-8-9-19-30(27)31-22-21-29(33(38)34(31)39)24-13-6-5-7-14-24/h5-23,38-40H,1-4H3. The van der Waals surface area contributed by atoms with Crippen LogP contribution in [-0.4, -0.2) is 35.2 Å². The fraction of sp³-hybridized carbons (Fsp3) is 0.167. The van der Waals surface area contributed by atoms with E-state index in [1.54, 1.807) is 21.3 Å². The highest BCUT2D eigenvalue weighted by Crippen LogP contribution is 2.35. The molecule has 4 aromatic rings. The number of nitrogens with one attached hydrogen (secondary N) is 2. The molecule has 3 N–H and O–H groups in total. The summed E-state index contributed by atoms with van der Waals surface area (Å²) in [6.07, 6.45) is 3.90. The first-order valence-corrected chi connectivity index (χ1v) is 13.7. The van der Waals surface area contributed by atoms with Gasteiger partial charge in [-0.05, 0) is 72.6 Å². The van der Waals surface area contributed by atoms with Gasteiger partial charge in [-0.1, -0.05) is 109 Å². The van der Waals surface area contributed by atoms with Gasteiger partial charge in [0.1, 0.15) is 0 Å². The van der Waals surface area contributed by atoms with Crippen molar-refractivity contribution in [3.63, 3.8) is 0 Å². The van der Waals surface area contributed by atoms with Crippen molar-refractivity contribution in [3.8, 4) is 22.3 Å². The Morgan fingerprint density at radius 3 is 1.78 bits per heavy atom. The van der Waals surface area contributed by atoms with Gasteiger partial charge in [-0.15, -0.1) is 0 Å². The molecule has 0 fully saturated rings. The van der Waals surface area contributed by atoms with Gasteiger partial charge in [0.15, 0.2) is 0 Å². The Balaban J connectivity index is 1.51. The number of allylic oxidation sites excluding steroid dienone is 4. The van der Waals surface area contributed by atoms with Crippen molar-refractivity contribution in [3.05, 3.63) is 126 Å². The van der Waals surface area contributed by atoms with Gasteiger partial charge in [-0.3, -0.25) is 10.8 Å². The summed E-state index contributed by atoms with van der Waals surface area (Å²) >= 11 is 0. The summed E-state index contributed by atoms with van der Waals surface area (Å²) in [5.41, 5.74) is 6.94. The summed E-state index contributed by atoms with van der Waals surface area (Å²) in [7, 11) is 1.73. The highest BCUT2D eigenvalue weighted by atomic mass is 16.5. The molecule has 4 nitrogen and oxygen atoms in total. The van der Waals surface area contributed by atoms with Crippen LogP contribution in [0.1, 0.15) is 38.8 Å². The third-order valence-corrected chi connectivity index (χ3v) is 7.91. The fourth-order valence-electron chi connectivity index (χ4n) is 4.73. The maximum atomic E-state index is 10.5. The lowest BCUT2D eigenvalue weighted by Gasteiger charge is -2.37. The molecule has 0 unspecified atom stereocenters. The van der Waals surface area contributed by atoms with Gasteiger partial charge in [0.25, 0.3) is 0 Å². The number of benzene rings is 4. The molecule has 1 aliphatic carbocycles. The van der Waals surface area contributed by atoms with E-state index >= 15 is 0 Å². The molecule has 4 aromatic carbocycles. The summed E-state index contributed by atoms with van der Waals surface area (Å²) in [6, 6.07) is 34.2. The summed E-state index contributed by atoms with van der Waals surface area (Å²) in [5.74, 6) is 0. The van der Waals surface area contributed by atoms with Crippen molar-refractivity contribution in [1.29, 1.82) is 10.8 Å². The van der Waals surface area contributed by atoms with E-state index in [4.69, 9.17) is 15.5 Å². The van der Waals surface area contributed by atoms with Gasteiger partial charge in [0, 0.05) is 11.1 Å². The lowest BCUT2D eigenvalue weighted by atomic mass is 9.78. The van der Waals surface area contributed by atoms with Crippen LogP contribution < -0.4 is 5.46 Å². The molecule has 0 heterocycles. The Morgan fingerprint density at radius 2 is 1.10 bits per heavy atom. The third-order valence-electron chi connectivity index (χ3n) is 7.91. The minimum absolute atomic E-state index is 0.210. The average molecular weight is 537 g/mol. The molecule has 0 atom stereocenters. The zero-order chi connectivity index (χ0) is 29.2. The molecule has 0 saturated carbocycles. The number of hydrogen-bond donors (Lipinski definition) is 3. The van der Waals surface area contributed by atoms with Crippen LogP contribution in [0, 0.1) is 10.8 Å². The van der Waals surface area contributed by atoms with E-state index in [0.717, 1.165) is 50.0 Å². The van der Waals surface area contributed by atoms with E-state index in [2.05, 4.69) is 30.3 Å². The smallest absolute Gasteiger partial charge is 0.331 e. The lowest BCUT2D eigenvalue weighted by Crippen LogP contribution is -2.49. The van der Waals surface area contributed by atoms with Crippen LogP contribution in [-0.2, 0) is 4.65 Å². The molecular weight excluding hydrogens is 503 g/mol. The van der Waals surface area contributed by atoms with Crippen LogP contribution in [0.5, 0.6) is 0 Å². The van der Waals surface area contributed by atoms with E-state index in [9.17, 15) is 5.11 Å². The van der Waals surface area contributed by atoms with Crippen molar-refractivity contribution in [2.75, 3.05) is 0 Å². The van der Waals surface area contributed by atoms with Crippen molar-refractivity contribution in [2.45, 2.75) is 38.9 Å². The van der Waals surface area contributed by atoms with Gasteiger partial charge in [0.2, 0.25) is 0 Å². The number of hydrogen-bond acceptors (Lipinski definition) is 4. The first kappa shape index (κ1) is 28.2. The first-order chi connectivity index (χ1) is 19.6. The van der Waals surface area contributed by atoms with Crippen LogP contribution in [0.3, 0.4) is 0 Å². The predicted molar refractivity (Wildman–Crippen MR) is 172 cm³/mol. The van der Waals surface area contributed by atoms with Crippen molar-refractivity contribution in [2.24, 2.45) is 0 Å². The maximum absolute atomic E-state index is 10.5. The monoisotopic (exact) mass is 537 g/mol. The summed E-state index contributed by atoms with van der Waals surface area (Å²) in [5, 5.41) is 28.2. The van der Waals surface area contributed by atoms with Gasteiger partial charge in [-0.2, -0.15) is 0 Å². The first-order valence-electron chi connectivity index (χ1n) is 13.7. The Kier molecular flexibility index (Phi) is 7.77. The molecule has 203 valence electrons. The van der Waals surface area contributed by atoms with Crippen LogP contribution in [0.15, 0.2) is 115 Å². The minimum atomic E-state index is -1.02. The Labute approximate surface area is 243 Å². The minimum Gasteiger partial charge on any atom is -0.427 e. The molecule has 0 bridgehead atoms. The number of aliphatic hydroxyl groups is 1. The summed E-state index contributed by atoms with van der Waals surface area (Å²) < 4.78 is 6.09. The third kappa shape index (κ3) is 5.78. The molecular formula is C36H34BN2O2. The van der Waals surface area contributed by atoms with E-state index in [1.807, 2.05) is 98.8 Å². The second-order valence-electron chi connectivity index (χ2n) is 11.3. The second kappa shape index (κ2) is 11.3. The molecule has 0 saturated heterocycles. The van der Waals surface area contributed by atoms with Crippen LogP contribution >= 0.6 is 0 Å². The summed E-state index contributed by atoms with van der Waals surface area (Å²) in [6.45, 7) is 7.24. The van der Waals surface area contributed by atoms with Crippen LogP contribution in [0.25, 0.3) is 33.4 Å². The molecule has 1 aliphatic rings. The highest BCUT2D eigenvalue weighted by Gasteiger charge is 2.36. The normalized spacial score (nSPS) is 14.0. The van der Waals surface area contributed by atoms with Crippen LogP contribution in [0.2, 0.25) is 0 Å². The molecule has 0 aromatic heterocycles. The predicted octanol–water partition coefficient (Wildman–Crippen LogP) is 7.35. The van der Waals surface area contributed by atoms with Gasteiger partial charge in [-0.25, -0.2) is 0 Å². The lowest BCUT2D eigenvalue weighted by molar-refractivity contribution is -0.0893. The zero-order valence-corrected chi connectivity index (χ0v) is 23.9. The zero-order valence-electron chi connectivity index (χ0n) is 23.9. The molecule has 41 heavy (non-hydrogen) atoms. The summed E-state index contributed by atoms with van der Waals surface area (Å²) in [4.78, 5) is 0. The van der Waals surface area contributed by atoms with Crippen LogP contribution in [0.4, 0.5) is 0 Å². The fourth-order valence-corrected chi connectivity index (χ4v) is 4.73. The average Bonchev–Trinajstić information content (AvgIpc) is 2.98. The van der Waals surface area contributed by atoms with Gasteiger partial charge in [0.05, 0.1) is 22.6 Å². The van der Waals surface area contributed by atoms with E-state index in [1.165, 1.54) is 0 Å². The maximum Gasteiger partial charge on any atom is 0.331 e. The molecule has 0 spiro atoms. The van der Waals surface area contributed by atoms with Gasteiger partial charge < -0.3 is 9.76 Å². The second-order valence-corrected chi connectivity index (χ2v) is 11.3.